The molecule has 0 aliphatic carbocycles. The highest BCUT2D eigenvalue weighted by molar-refractivity contribution is 5.29. The third kappa shape index (κ3) is 3.09. The van der Waals surface area contributed by atoms with Gasteiger partial charge in [-0.15, -0.1) is 0 Å². The van der Waals surface area contributed by atoms with Crippen molar-refractivity contribution in [1.82, 2.24) is 4.90 Å². The molecule has 1 aromatic carbocycles. The average molecular weight is 288 g/mol. The molecule has 0 amide bonds. The fourth-order valence-corrected chi connectivity index (χ4v) is 4.06. The highest BCUT2D eigenvalue weighted by Gasteiger charge is 2.40. The smallest absolute Gasteiger partial charge is 0.119 e. The average Bonchev–Trinajstić information content (AvgIpc) is 2.68. The van der Waals surface area contributed by atoms with Gasteiger partial charge < -0.3 is 15.4 Å². The van der Waals surface area contributed by atoms with E-state index in [1.807, 2.05) is 13.8 Å². The summed E-state index contributed by atoms with van der Waals surface area (Å²) in [5, 5.41) is 0. The molecular formula is C18H28N2O. The monoisotopic (exact) mass is 288 g/mol. The molecule has 0 aromatic heterocycles. The van der Waals surface area contributed by atoms with Gasteiger partial charge in [-0.2, -0.15) is 0 Å². The molecule has 1 aromatic rings. The van der Waals surface area contributed by atoms with Crippen molar-refractivity contribution in [1.29, 1.82) is 0 Å². The Bertz CT molecular complexity index is 457. The Balaban J connectivity index is 1.66. The first-order valence-corrected chi connectivity index (χ1v) is 8.28. The SMILES string of the molecule is CC(C)Oc1ccc(C(N)C2CC3CCC(C2)N3C)cc1. The van der Waals surface area contributed by atoms with E-state index in [0.717, 1.165) is 17.8 Å². The second kappa shape index (κ2) is 5.98. The van der Waals surface area contributed by atoms with E-state index in [1.54, 1.807) is 0 Å². The molecule has 2 bridgehead atoms. The summed E-state index contributed by atoms with van der Waals surface area (Å²) >= 11 is 0. The standard InChI is InChI=1S/C18H28N2O/c1-12(2)21-17-8-4-13(5-9-17)18(19)14-10-15-6-7-16(11-14)20(15)3/h4-5,8-9,12,14-16,18H,6-7,10-11,19H2,1-3H3. The normalized spacial score (nSPS) is 30.6. The first kappa shape index (κ1) is 14.9. The van der Waals surface area contributed by atoms with E-state index < -0.39 is 0 Å². The summed E-state index contributed by atoms with van der Waals surface area (Å²) in [4.78, 5) is 2.57. The van der Waals surface area contributed by atoms with Gasteiger partial charge in [-0.25, -0.2) is 0 Å². The zero-order valence-electron chi connectivity index (χ0n) is 13.5. The topological polar surface area (TPSA) is 38.5 Å². The molecule has 2 aliphatic rings. The molecule has 0 radical (unpaired) electrons. The lowest BCUT2D eigenvalue weighted by molar-refractivity contribution is 0.121. The first-order chi connectivity index (χ1) is 10.0. The largest absolute Gasteiger partial charge is 0.491 e. The van der Waals surface area contributed by atoms with Crippen molar-refractivity contribution in [3.63, 3.8) is 0 Å². The Hall–Kier alpha value is -1.06. The Morgan fingerprint density at radius 2 is 1.67 bits per heavy atom. The summed E-state index contributed by atoms with van der Waals surface area (Å²) in [6.45, 7) is 4.10. The minimum absolute atomic E-state index is 0.162. The lowest BCUT2D eigenvalue weighted by Crippen LogP contribution is -2.42. The van der Waals surface area contributed by atoms with Crippen molar-refractivity contribution in [2.24, 2.45) is 11.7 Å². The molecule has 116 valence electrons. The maximum Gasteiger partial charge on any atom is 0.119 e. The van der Waals surface area contributed by atoms with E-state index >= 15 is 0 Å². The lowest BCUT2D eigenvalue weighted by atomic mass is 9.82. The highest BCUT2D eigenvalue weighted by Crippen LogP contribution is 2.41. The minimum atomic E-state index is 0.162. The number of piperidine rings is 1. The number of fused-ring (bicyclic) bond motifs is 2. The first-order valence-electron chi connectivity index (χ1n) is 8.28. The minimum Gasteiger partial charge on any atom is -0.491 e. The molecule has 3 unspecified atom stereocenters. The van der Waals surface area contributed by atoms with E-state index in [1.165, 1.54) is 31.2 Å². The van der Waals surface area contributed by atoms with Gasteiger partial charge in [-0.1, -0.05) is 12.1 Å². The summed E-state index contributed by atoms with van der Waals surface area (Å²) in [5.74, 6) is 1.56. The summed E-state index contributed by atoms with van der Waals surface area (Å²) in [6, 6.07) is 10.1. The maximum absolute atomic E-state index is 6.56. The van der Waals surface area contributed by atoms with E-state index in [4.69, 9.17) is 10.5 Å². The predicted octanol–water partition coefficient (Wildman–Crippen LogP) is 3.35. The van der Waals surface area contributed by atoms with Crippen LogP contribution in [0.2, 0.25) is 0 Å². The molecule has 3 heteroatoms. The van der Waals surface area contributed by atoms with Gasteiger partial charge >= 0.3 is 0 Å². The molecule has 2 saturated heterocycles. The Morgan fingerprint density at radius 1 is 1.10 bits per heavy atom. The van der Waals surface area contributed by atoms with Crippen molar-refractivity contribution < 1.29 is 4.74 Å². The lowest BCUT2D eigenvalue weighted by Gasteiger charge is -2.38. The Morgan fingerprint density at radius 3 is 2.19 bits per heavy atom. The summed E-state index contributed by atoms with van der Waals surface area (Å²) in [6.07, 6.45) is 5.42. The van der Waals surface area contributed by atoms with Gasteiger partial charge in [0.15, 0.2) is 0 Å². The molecule has 3 nitrogen and oxygen atoms in total. The number of benzene rings is 1. The summed E-state index contributed by atoms with van der Waals surface area (Å²) in [5.41, 5.74) is 7.81. The van der Waals surface area contributed by atoms with Crippen LogP contribution < -0.4 is 10.5 Å². The van der Waals surface area contributed by atoms with Gasteiger partial charge in [0.2, 0.25) is 0 Å². The van der Waals surface area contributed by atoms with Gasteiger partial charge in [0, 0.05) is 18.1 Å². The van der Waals surface area contributed by atoms with Gasteiger partial charge in [0.05, 0.1) is 6.10 Å². The molecule has 0 saturated carbocycles. The third-order valence-electron chi connectivity index (χ3n) is 5.28. The van der Waals surface area contributed by atoms with Gasteiger partial charge in [0.25, 0.3) is 0 Å². The van der Waals surface area contributed by atoms with Crippen LogP contribution in [0.25, 0.3) is 0 Å². The van der Waals surface area contributed by atoms with Crippen LogP contribution in [-0.4, -0.2) is 30.1 Å². The molecule has 21 heavy (non-hydrogen) atoms. The highest BCUT2D eigenvalue weighted by atomic mass is 16.5. The summed E-state index contributed by atoms with van der Waals surface area (Å²) < 4.78 is 5.71. The molecule has 2 aliphatic heterocycles. The molecule has 3 rings (SSSR count). The maximum atomic E-state index is 6.56. The van der Waals surface area contributed by atoms with Gasteiger partial charge in [0.1, 0.15) is 5.75 Å². The second-order valence-electron chi connectivity index (χ2n) is 7.04. The third-order valence-corrected chi connectivity index (χ3v) is 5.28. The van der Waals surface area contributed by atoms with E-state index in [0.29, 0.717) is 5.92 Å². The van der Waals surface area contributed by atoms with Crippen molar-refractivity contribution in [3.05, 3.63) is 29.8 Å². The Labute approximate surface area is 128 Å². The predicted molar refractivity (Wildman–Crippen MR) is 86.4 cm³/mol. The Kier molecular flexibility index (Phi) is 4.23. The van der Waals surface area contributed by atoms with E-state index in [-0.39, 0.29) is 12.1 Å². The quantitative estimate of drug-likeness (QED) is 0.923. The molecule has 2 heterocycles. The number of nitrogens with zero attached hydrogens (tertiary/aromatic N) is 1. The van der Waals surface area contributed by atoms with Crippen LogP contribution in [0.1, 0.15) is 51.1 Å². The summed E-state index contributed by atoms with van der Waals surface area (Å²) in [7, 11) is 2.28. The number of nitrogens with two attached hydrogens (primary N) is 1. The van der Waals surface area contributed by atoms with Crippen LogP contribution in [-0.2, 0) is 0 Å². The van der Waals surface area contributed by atoms with Crippen molar-refractivity contribution in [2.45, 2.75) is 63.8 Å². The van der Waals surface area contributed by atoms with Gasteiger partial charge in [-0.3, -0.25) is 0 Å². The number of hydrogen-bond acceptors (Lipinski definition) is 3. The van der Waals surface area contributed by atoms with Gasteiger partial charge in [-0.05, 0) is 70.2 Å². The number of rotatable bonds is 4. The van der Waals surface area contributed by atoms with E-state index in [2.05, 4.69) is 36.2 Å². The zero-order valence-corrected chi connectivity index (χ0v) is 13.5. The van der Waals surface area contributed by atoms with Crippen LogP contribution in [0.15, 0.2) is 24.3 Å². The van der Waals surface area contributed by atoms with Crippen molar-refractivity contribution >= 4 is 0 Å². The second-order valence-corrected chi connectivity index (χ2v) is 7.04. The van der Waals surface area contributed by atoms with Crippen LogP contribution in [0.3, 0.4) is 0 Å². The van der Waals surface area contributed by atoms with Crippen LogP contribution >= 0.6 is 0 Å². The molecule has 3 atom stereocenters. The molecule has 0 spiro atoms. The number of hydrogen-bond donors (Lipinski definition) is 1. The van der Waals surface area contributed by atoms with E-state index in [9.17, 15) is 0 Å². The fourth-order valence-electron chi connectivity index (χ4n) is 4.06. The zero-order chi connectivity index (χ0) is 15.0. The van der Waals surface area contributed by atoms with Crippen LogP contribution in [0.5, 0.6) is 5.75 Å². The fraction of sp³-hybridized carbons (Fsp3) is 0.667. The molecule has 2 N–H and O–H groups in total. The van der Waals surface area contributed by atoms with Crippen molar-refractivity contribution in [3.8, 4) is 5.75 Å². The van der Waals surface area contributed by atoms with Crippen LogP contribution in [0.4, 0.5) is 0 Å². The van der Waals surface area contributed by atoms with Crippen LogP contribution in [0, 0.1) is 5.92 Å². The molecule has 2 fully saturated rings. The number of ether oxygens (including phenoxy) is 1. The van der Waals surface area contributed by atoms with Crippen molar-refractivity contribution in [2.75, 3.05) is 7.05 Å². The molecular weight excluding hydrogens is 260 g/mol.